The molecule has 2 aliphatic heterocycles. The average Bonchev–Trinajstić information content (AvgIpc) is 2.85. The number of hydrogen-bond donors (Lipinski definition) is 1. The molecule has 0 aliphatic carbocycles. The van der Waals surface area contributed by atoms with Gasteiger partial charge in [-0.05, 0) is 43.1 Å². The van der Waals surface area contributed by atoms with Crippen molar-refractivity contribution in [1.82, 2.24) is 9.78 Å². The molecule has 3 rings (SSSR count). The van der Waals surface area contributed by atoms with E-state index in [1.165, 1.54) is 24.3 Å². The number of rotatable bonds is 2. The molecule has 2 atom stereocenters. The zero-order valence-electron chi connectivity index (χ0n) is 11.5. The molecule has 5 heteroatoms. The van der Waals surface area contributed by atoms with Crippen molar-refractivity contribution in [2.24, 2.45) is 18.7 Å². The van der Waals surface area contributed by atoms with Crippen LogP contribution in [0, 0.1) is 5.92 Å². The minimum absolute atomic E-state index is 0.101. The molecule has 2 N–H and O–H groups in total. The van der Waals surface area contributed by atoms with E-state index in [9.17, 15) is 0 Å². The number of aromatic nitrogens is 2. The molecule has 2 unspecified atom stereocenters. The van der Waals surface area contributed by atoms with Gasteiger partial charge >= 0.3 is 0 Å². The number of hydrogen-bond acceptors (Lipinski definition) is 4. The van der Waals surface area contributed by atoms with E-state index in [1.807, 2.05) is 35.9 Å². The average molecular weight is 281 g/mol. The first-order chi connectivity index (χ1) is 9.19. The first-order valence-electron chi connectivity index (χ1n) is 7.14. The summed E-state index contributed by atoms with van der Waals surface area (Å²) >= 11 is 2.05. The van der Waals surface area contributed by atoms with E-state index in [0.717, 1.165) is 25.0 Å². The molecule has 3 heterocycles. The first kappa shape index (κ1) is 13.5. The third kappa shape index (κ3) is 2.83. The lowest BCUT2D eigenvalue weighted by Crippen LogP contribution is -2.45. The molecule has 2 fully saturated rings. The monoisotopic (exact) mass is 281 g/mol. The predicted octanol–water partition coefficient (Wildman–Crippen LogP) is 2.11. The zero-order chi connectivity index (χ0) is 13.3. The van der Waals surface area contributed by atoms with Gasteiger partial charge in [-0.2, -0.15) is 16.9 Å². The Labute approximate surface area is 119 Å². The summed E-state index contributed by atoms with van der Waals surface area (Å²) in [6, 6.07) is 0.101. The SMILES string of the molecule is Cn1cc(C(N)C2CCOC3(CCSCC3)C2)cn1. The molecule has 1 aromatic heterocycles. The van der Waals surface area contributed by atoms with Crippen molar-refractivity contribution in [3.8, 4) is 0 Å². The van der Waals surface area contributed by atoms with Gasteiger partial charge in [0.1, 0.15) is 0 Å². The van der Waals surface area contributed by atoms with Crippen molar-refractivity contribution >= 4 is 11.8 Å². The van der Waals surface area contributed by atoms with Crippen LogP contribution in [0.3, 0.4) is 0 Å². The largest absolute Gasteiger partial charge is 0.375 e. The quantitative estimate of drug-likeness (QED) is 0.902. The van der Waals surface area contributed by atoms with Crippen LogP contribution >= 0.6 is 11.8 Å². The van der Waals surface area contributed by atoms with E-state index >= 15 is 0 Å². The Balaban J connectivity index is 1.70. The Morgan fingerprint density at radius 1 is 1.53 bits per heavy atom. The van der Waals surface area contributed by atoms with Crippen LogP contribution in [0.5, 0.6) is 0 Å². The van der Waals surface area contributed by atoms with Crippen LogP contribution < -0.4 is 5.73 Å². The molecule has 19 heavy (non-hydrogen) atoms. The van der Waals surface area contributed by atoms with Gasteiger partial charge in [0, 0.05) is 31.5 Å². The van der Waals surface area contributed by atoms with Gasteiger partial charge in [-0.25, -0.2) is 0 Å². The topological polar surface area (TPSA) is 53.1 Å². The van der Waals surface area contributed by atoms with Gasteiger partial charge in [0.05, 0.1) is 11.8 Å². The second-order valence-corrected chi connectivity index (χ2v) is 7.09. The second kappa shape index (κ2) is 5.46. The smallest absolute Gasteiger partial charge is 0.0701 e. The van der Waals surface area contributed by atoms with Crippen LogP contribution in [-0.4, -0.2) is 33.5 Å². The fourth-order valence-electron chi connectivity index (χ4n) is 3.35. The lowest BCUT2D eigenvalue weighted by Gasteiger charge is -2.44. The Morgan fingerprint density at radius 3 is 3.00 bits per heavy atom. The molecule has 106 valence electrons. The number of nitrogens with two attached hydrogens (primary N) is 1. The highest BCUT2D eigenvalue weighted by atomic mass is 32.2. The lowest BCUT2D eigenvalue weighted by atomic mass is 9.77. The first-order valence-corrected chi connectivity index (χ1v) is 8.30. The Bertz CT molecular complexity index is 423. The van der Waals surface area contributed by atoms with Crippen molar-refractivity contribution in [3.05, 3.63) is 18.0 Å². The summed E-state index contributed by atoms with van der Waals surface area (Å²) < 4.78 is 7.97. The van der Waals surface area contributed by atoms with Crippen molar-refractivity contribution in [1.29, 1.82) is 0 Å². The van der Waals surface area contributed by atoms with Crippen LogP contribution in [0.4, 0.5) is 0 Å². The highest BCUT2D eigenvalue weighted by molar-refractivity contribution is 7.99. The van der Waals surface area contributed by atoms with E-state index in [0.29, 0.717) is 5.92 Å². The molecule has 0 amide bonds. The summed E-state index contributed by atoms with van der Waals surface area (Å²) in [5.74, 6) is 2.99. The summed E-state index contributed by atoms with van der Waals surface area (Å²) in [7, 11) is 1.94. The van der Waals surface area contributed by atoms with E-state index in [2.05, 4.69) is 5.10 Å². The molecule has 2 saturated heterocycles. The maximum atomic E-state index is 6.46. The predicted molar refractivity (Wildman–Crippen MR) is 78.1 cm³/mol. The zero-order valence-corrected chi connectivity index (χ0v) is 12.4. The molecule has 0 aromatic carbocycles. The van der Waals surface area contributed by atoms with Gasteiger partial charge in [-0.15, -0.1) is 0 Å². The van der Waals surface area contributed by atoms with Crippen LogP contribution in [0.1, 0.15) is 37.3 Å². The number of thioether (sulfide) groups is 1. The third-order valence-corrected chi connectivity index (χ3v) is 5.54. The minimum Gasteiger partial charge on any atom is -0.375 e. The summed E-state index contributed by atoms with van der Waals surface area (Å²) in [5, 5.41) is 4.24. The summed E-state index contributed by atoms with van der Waals surface area (Å²) in [6.07, 6.45) is 8.52. The number of aryl methyl sites for hydroxylation is 1. The van der Waals surface area contributed by atoms with Gasteiger partial charge in [0.2, 0.25) is 0 Å². The van der Waals surface area contributed by atoms with Gasteiger partial charge in [0.15, 0.2) is 0 Å². The minimum atomic E-state index is 0.101. The highest BCUT2D eigenvalue weighted by Gasteiger charge is 2.40. The van der Waals surface area contributed by atoms with E-state index in [1.54, 1.807) is 0 Å². The number of ether oxygens (including phenoxy) is 1. The molecule has 1 aromatic rings. The van der Waals surface area contributed by atoms with Crippen molar-refractivity contribution in [3.63, 3.8) is 0 Å². The van der Waals surface area contributed by atoms with Gasteiger partial charge in [-0.1, -0.05) is 0 Å². The van der Waals surface area contributed by atoms with Crippen LogP contribution in [0.2, 0.25) is 0 Å². The molecular formula is C14H23N3OS. The van der Waals surface area contributed by atoms with Gasteiger partial charge < -0.3 is 10.5 Å². The van der Waals surface area contributed by atoms with Gasteiger partial charge in [0.25, 0.3) is 0 Å². The Morgan fingerprint density at radius 2 is 2.32 bits per heavy atom. The fraction of sp³-hybridized carbons (Fsp3) is 0.786. The van der Waals surface area contributed by atoms with Crippen molar-refractivity contribution < 1.29 is 4.74 Å². The van der Waals surface area contributed by atoms with Crippen LogP contribution in [0.15, 0.2) is 12.4 Å². The lowest BCUT2D eigenvalue weighted by molar-refractivity contribution is -0.105. The van der Waals surface area contributed by atoms with E-state index in [4.69, 9.17) is 10.5 Å². The molecular weight excluding hydrogens is 258 g/mol. The van der Waals surface area contributed by atoms with E-state index < -0.39 is 0 Å². The standard InChI is InChI=1S/C14H23N3OS/c1-17-10-12(9-16-17)13(15)11-2-5-18-14(8-11)3-6-19-7-4-14/h9-11,13H,2-8,15H2,1H3. The molecule has 4 nitrogen and oxygen atoms in total. The normalized spacial score (nSPS) is 28.4. The van der Waals surface area contributed by atoms with Crippen LogP contribution in [-0.2, 0) is 11.8 Å². The molecule has 0 radical (unpaired) electrons. The second-order valence-electron chi connectivity index (χ2n) is 5.87. The van der Waals surface area contributed by atoms with E-state index in [-0.39, 0.29) is 11.6 Å². The Hall–Kier alpha value is -0.520. The van der Waals surface area contributed by atoms with Crippen LogP contribution in [0.25, 0.3) is 0 Å². The maximum absolute atomic E-state index is 6.46. The maximum Gasteiger partial charge on any atom is 0.0701 e. The Kier molecular flexibility index (Phi) is 3.87. The molecule has 2 aliphatic rings. The van der Waals surface area contributed by atoms with Gasteiger partial charge in [-0.3, -0.25) is 4.68 Å². The van der Waals surface area contributed by atoms with Crippen molar-refractivity contribution in [2.45, 2.75) is 37.3 Å². The number of nitrogens with zero attached hydrogens (tertiary/aromatic N) is 2. The van der Waals surface area contributed by atoms with Crippen molar-refractivity contribution in [2.75, 3.05) is 18.1 Å². The summed E-state index contributed by atoms with van der Waals surface area (Å²) in [6.45, 7) is 0.864. The third-order valence-electron chi connectivity index (χ3n) is 4.55. The molecule has 0 saturated carbocycles. The highest BCUT2D eigenvalue weighted by Crippen LogP contribution is 2.42. The summed E-state index contributed by atoms with van der Waals surface area (Å²) in [4.78, 5) is 0. The summed E-state index contributed by atoms with van der Waals surface area (Å²) in [5.41, 5.74) is 7.74. The molecule has 1 spiro atoms. The fourth-order valence-corrected chi connectivity index (χ4v) is 4.59. The molecule has 0 bridgehead atoms.